The molecule has 0 saturated heterocycles. The molecule has 0 saturated carbocycles. The highest BCUT2D eigenvalue weighted by atomic mass is 32.1. The predicted molar refractivity (Wildman–Crippen MR) is 103 cm³/mol. The van der Waals surface area contributed by atoms with Crippen LogP contribution in [0.2, 0.25) is 0 Å². The van der Waals surface area contributed by atoms with Gasteiger partial charge < -0.3 is 9.67 Å². The number of carboxylic acids is 1. The molecule has 148 valence electrons. The molecule has 0 atom stereocenters. The average Bonchev–Trinajstić information content (AvgIpc) is 3.08. The Morgan fingerprint density at radius 1 is 1.17 bits per heavy atom. The third-order valence-corrected chi connectivity index (χ3v) is 5.57. The van der Waals surface area contributed by atoms with Gasteiger partial charge in [-0.05, 0) is 30.0 Å². The number of pyridine rings is 1. The van der Waals surface area contributed by atoms with Crippen LogP contribution in [0, 0.1) is 24.4 Å². The van der Waals surface area contributed by atoms with Gasteiger partial charge in [-0.3, -0.25) is 9.59 Å². The molecule has 9 heteroatoms. The van der Waals surface area contributed by atoms with Gasteiger partial charge in [-0.15, -0.1) is 11.3 Å². The highest BCUT2D eigenvalue weighted by molar-refractivity contribution is 7.18. The fraction of sp³-hybridized carbons (Fsp3) is 0.150. The van der Waals surface area contributed by atoms with Gasteiger partial charge >= 0.3 is 5.97 Å². The summed E-state index contributed by atoms with van der Waals surface area (Å²) in [5.74, 6) is -4.68. The molecule has 0 radical (unpaired) electrons. The molecule has 0 aliphatic carbocycles. The van der Waals surface area contributed by atoms with Crippen molar-refractivity contribution in [3.05, 3.63) is 74.3 Å². The van der Waals surface area contributed by atoms with Crippen molar-refractivity contribution in [2.24, 2.45) is 0 Å². The van der Waals surface area contributed by atoms with Gasteiger partial charge in [0.15, 0.2) is 11.6 Å². The van der Waals surface area contributed by atoms with E-state index in [0.29, 0.717) is 17.0 Å². The number of hydrogen-bond donors (Lipinski definition) is 1. The number of fused-ring (bicyclic) bond motifs is 2. The average molecular weight is 418 g/mol. The number of nitrogens with zero attached hydrogens (tertiary/aromatic N) is 2. The SMILES string of the molecule is Cc1ccc2cc(CC(=O)O)c(=O)n(Cc3nc4c(F)c(F)cc(F)c4s3)c2c1. The minimum Gasteiger partial charge on any atom is -0.481 e. The number of carboxylic acid groups (broad SMARTS) is 1. The third-order valence-electron chi connectivity index (χ3n) is 4.52. The van der Waals surface area contributed by atoms with E-state index in [9.17, 15) is 22.8 Å². The Morgan fingerprint density at radius 3 is 2.66 bits per heavy atom. The number of aryl methyl sites for hydroxylation is 1. The van der Waals surface area contributed by atoms with Gasteiger partial charge in [0, 0.05) is 11.6 Å². The van der Waals surface area contributed by atoms with Crippen LogP contribution in [0.5, 0.6) is 0 Å². The van der Waals surface area contributed by atoms with Gasteiger partial charge in [-0.25, -0.2) is 18.2 Å². The summed E-state index contributed by atoms with van der Waals surface area (Å²) in [7, 11) is 0. The van der Waals surface area contributed by atoms with Crippen LogP contribution < -0.4 is 5.56 Å². The second kappa shape index (κ2) is 7.00. The summed E-state index contributed by atoms with van der Waals surface area (Å²) < 4.78 is 42.6. The number of benzene rings is 2. The van der Waals surface area contributed by atoms with Crippen LogP contribution >= 0.6 is 11.3 Å². The summed E-state index contributed by atoms with van der Waals surface area (Å²) in [6.45, 7) is 1.71. The molecule has 2 aromatic carbocycles. The number of aromatic nitrogens is 2. The van der Waals surface area contributed by atoms with Crippen LogP contribution in [-0.4, -0.2) is 20.6 Å². The largest absolute Gasteiger partial charge is 0.481 e. The number of aliphatic carboxylic acids is 1. The molecule has 0 bridgehead atoms. The van der Waals surface area contributed by atoms with Crippen molar-refractivity contribution in [3.8, 4) is 0 Å². The van der Waals surface area contributed by atoms with Crippen molar-refractivity contribution in [2.75, 3.05) is 0 Å². The van der Waals surface area contributed by atoms with Crippen LogP contribution in [0.15, 0.2) is 35.1 Å². The maximum absolute atomic E-state index is 14.0. The summed E-state index contributed by atoms with van der Waals surface area (Å²) >= 11 is 0.814. The Bertz CT molecular complexity index is 1360. The molecule has 0 aliphatic heterocycles. The summed E-state index contributed by atoms with van der Waals surface area (Å²) in [4.78, 5) is 28.0. The smallest absolute Gasteiger partial charge is 0.308 e. The fourth-order valence-corrected chi connectivity index (χ4v) is 4.17. The molecule has 4 aromatic rings. The van der Waals surface area contributed by atoms with E-state index >= 15 is 0 Å². The highest BCUT2D eigenvalue weighted by Gasteiger charge is 2.19. The van der Waals surface area contributed by atoms with E-state index < -0.39 is 40.9 Å². The zero-order chi connectivity index (χ0) is 20.9. The minimum atomic E-state index is -1.34. The van der Waals surface area contributed by atoms with Crippen LogP contribution in [-0.2, 0) is 17.8 Å². The van der Waals surface area contributed by atoms with Crippen LogP contribution in [0.4, 0.5) is 13.2 Å². The molecule has 0 aliphatic rings. The van der Waals surface area contributed by atoms with Crippen molar-refractivity contribution >= 4 is 38.4 Å². The molecule has 5 nitrogen and oxygen atoms in total. The van der Waals surface area contributed by atoms with Crippen LogP contribution in [0.3, 0.4) is 0 Å². The lowest BCUT2D eigenvalue weighted by Gasteiger charge is -2.12. The van der Waals surface area contributed by atoms with Gasteiger partial charge in [-0.1, -0.05) is 12.1 Å². The standard InChI is InChI=1S/C20H13F3N2O3S/c1-9-2-3-10-5-11(6-16(26)27)20(28)25(14(10)4-9)8-15-24-18-17(23)12(21)7-13(22)19(18)29-15/h2-5,7H,6,8H2,1H3,(H,26,27). The molecule has 0 unspecified atom stereocenters. The predicted octanol–water partition coefficient (Wildman–Crippen LogP) is 4.01. The van der Waals surface area contributed by atoms with E-state index in [0.717, 1.165) is 16.9 Å². The van der Waals surface area contributed by atoms with E-state index in [4.69, 9.17) is 5.11 Å². The Morgan fingerprint density at radius 2 is 1.93 bits per heavy atom. The van der Waals surface area contributed by atoms with Gasteiger partial charge in [0.1, 0.15) is 16.3 Å². The van der Waals surface area contributed by atoms with Crippen molar-refractivity contribution in [2.45, 2.75) is 19.9 Å². The normalized spacial score (nSPS) is 11.4. The zero-order valence-corrected chi connectivity index (χ0v) is 15.8. The molecule has 0 amide bonds. The number of thiazole rings is 1. The number of carbonyl (C=O) groups is 1. The number of hydrogen-bond acceptors (Lipinski definition) is 4. The van der Waals surface area contributed by atoms with Gasteiger partial charge in [0.05, 0.1) is 23.2 Å². The first-order chi connectivity index (χ1) is 13.7. The Hall–Kier alpha value is -3.20. The molecular weight excluding hydrogens is 405 g/mol. The second-order valence-electron chi connectivity index (χ2n) is 6.63. The van der Waals surface area contributed by atoms with Crippen molar-refractivity contribution in [3.63, 3.8) is 0 Å². The Labute approximate surface area is 165 Å². The van der Waals surface area contributed by atoms with Gasteiger partial charge in [0.2, 0.25) is 0 Å². The number of rotatable bonds is 4. The molecular formula is C20H13F3N2O3S. The maximum Gasteiger partial charge on any atom is 0.308 e. The van der Waals surface area contributed by atoms with Crippen LogP contribution in [0.25, 0.3) is 21.1 Å². The summed E-state index contributed by atoms with van der Waals surface area (Å²) in [6.07, 6.45) is -0.461. The second-order valence-corrected chi connectivity index (χ2v) is 7.72. The molecule has 2 heterocycles. The summed E-state index contributed by atoms with van der Waals surface area (Å²) in [5, 5.41) is 9.94. The molecule has 1 N–H and O–H groups in total. The first-order valence-electron chi connectivity index (χ1n) is 8.52. The van der Waals surface area contributed by atoms with Crippen molar-refractivity contribution in [1.29, 1.82) is 0 Å². The number of halogens is 3. The van der Waals surface area contributed by atoms with E-state index in [1.54, 1.807) is 12.1 Å². The van der Waals surface area contributed by atoms with Crippen molar-refractivity contribution < 1.29 is 23.1 Å². The monoisotopic (exact) mass is 418 g/mol. The first kappa shape index (κ1) is 19.1. The van der Waals surface area contributed by atoms with Crippen molar-refractivity contribution in [1.82, 2.24) is 9.55 Å². The Kier molecular flexibility index (Phi) is 4.62. The van der Waals surface area contributed by atoms with Gasteiger partial charge in [0.25, 0.3) is 5.56 Å². The van der Waals surface area contributed by atoms with E-state index in [-0.39, 0.29) is 21.8 Å². The lowest BCUT2D eigenvalue weighted by molar-refractivity contribution is -0.136. The van der Waals surface area contributed by atoms with E-state index in [2.05, 4.69) is 4.98 Å². The third kappa shape index (κ3) is 3.38. The molecule has 0 spiro atoms. The fourth-order valence-electron chi connectivity index (χ4n) is 3.22. The zero-order valence-electron chi connectivity index (χ0n) is 15.0. The lowest BCUT2D eigenvalue weighted by atomic mass is 10.1. The molecule has 4 rings (SSSR count). The summed E-state index contributed by atoms with van der Waals surface area (Å²) in [5.41, 5.74) is 0.531. The minimum absolute atomic E-state index is 0.0818. The van der Waals surface area contributed by atoms with Crippen LogP contribution in [0.1, 0.15) is 16.1 Å². The highest BCUT2D eigenvalue weighted by Crippen LogP contribution is 2.29. The topological polar surface area (TPSA) is 72.2 Å². The van der Waals surface area contributed by atoms with E-state index in [1.165, 1.54) is 10.6 Å². The van der Waals surface area contributed by atoms with Gasteiger partial charge in [-0.2, -0.15) is 0 Å². The quantitative estimate of drug-likeness (QED) is 0.509. The molecule has 29 heavy (non-hydrogen) atoms. The molecule has 0 fully saturated rings. The molecule has 2 aromatic heterocycles. The van der Waals surface area contributed by atoms with E-state index in [1.807, 2.05) is 13.0 Å². The Balaban J connectivity index is 1.92. The first-order valence-corrected chi connectivity index (χ1v) is 9.34. The summed E-state index contributed by atoms with van der Waals surface area (Å²) in [6, 6.07) is 7.33. The maximum atomic E-state index is 14.0. The lowest BCUT2D eigenvalue weighted by Crippen LogP contribution is -2.26.